The minimum Gasteiger partial charge on any atom is -0.299 e. The summed E-state index contributed by atoms with van der Waals surface area (Å²) in [4.78, 5) is 11.9. The summed E-state index contributed by atoms with van der Waals surface area (Å²) < 4.78 is 1.98. The zero-order chi connectivity index (χ0) is 11.8. The van der Waals surface area contributed by atoms with Crippen LogP contribution in [0.5, 0.6) is 0 Å². The van der Waals surface area contributed by atoms with Gasteiger partial charge in [-0.15, -0.1) is 0 Å². The van der Waals surface area contributed by atoms with Crippen molar-refractivity contribution in [2.24, 2.45) is 5.92 Å². The van der Waals surface area contributed by atoms with Crippen molar-refractivity contribution in [1.29, 1.82) is 0 Å². The first kappa shape index (κ1) is 10.5. The lowest BCUT2D eigenvalue weighted by Crippen LogP contribution is -2.06. The van der Waals surface area contributed by atoms with E-state index in [-0.39, 0.29) is 0 Å². The smallest absolute Gasteiger partial charge is 0.142 e. The Kier molecular flexibility index (Phi) is 2.46. The lowest BCUT2D eigenvalue weighted by Gasteiger charge is -1.95. The Morgan fingerprint density at radius 1 is 1.41 bits per heavy atom. The van der Waals surface area contributed by atoms with E-state index in [0.717, 1.165) is 36.0 Å². The molecule has 0 atom stereocenters. The van der Waals surface area contributed by atoms with Crippen LogP contribution in [0.3, 0.4) is 0 Å². The van der Waals surface area contributed by atoms with Crippen LogP contribution in [-0.4, -0.2) is 15.6 Å². The molecule has 88 valence electrons. The van der Waals surface area contributed by atoms with Crippen molar-refractivity contribution in [1.82, 2.24) is 9.78 Å². The molecule has 0 N–H and O–H groups in total. The van der Waals surface area contributed by atoms with Gasteiger partial charge in [-0.3, -0.25) is 9.48 Å². The molecule has 1 aliphatic rings. The van der Waals surface area contributed by atoms with E-state index in [9.17, 15) is 4.79 Å². The molecule has 0 radical (unpaired) electrons. The quantitative estimate of drug-likeness (QED) is 0.806. The van der Waals surface area contributed by atoms with Crippen LogP contribution in [0.25, 0.3) is 10.9 Å². The predicted octanol–water partition coefficient (Wildman–Crippen LogP) is 2.58. The Morgan fingerprint density at radius 3 is 2.88 bits per heavy atom. The lowest BCUT2D eigenvalue weighted by molar-refractivity contribution is -0.119. The van der Waals surface area contributed by atoms with Crippen LogP contribution in [-0.2, 0) is 17.8 Å². The zero-order valence-electron chi connectivity index (χ0n) is 10.0. The van der Waals surface area contributed by atoms with Gasteiger partial charge in [-0.05, 0) is 25.8 Å². The number of nitrogens with zero attached hydrogens (tertiary/aromatic N) is 2. The highest BCUT2D eigenvalue weighted by molar-refractivity contribution is 5.90. The summed E-state index contributed by atoms with van der Waals surface area (Å²) in [6.07, 6.45) is 2.65. The number of rotatable bonds is 4. The highest BCUT2D eigenvalue weighted by atomic mass is 16.1. The minimum atomic E-state index is 0.320. The molecule has 1 aromatic heterocycles. The number of ketones is 1. The van der Waals surface area contributed by atoms with Gasteiger partial charge in [0.25, 0.3) is 0 Å². The highest BCUT2D eigenvalue weighted by Gasteiger charge is 2.30. The zero-order valence-corrected chi connectivity index (χ0v) is 10.0. The van der Waals surface area contributed by atoms with Gasteiger partial charge in [-0.25, -0.2) is 0 Å². The molecule has 1 saturated carbocycles. The van der Waals surface area contributed by atoms with E-state index in [1.54, 1.807) is 0 Å². The molecule has 1 aliphatic carbocycles. The van der Waals surface area contributed by atoms with Crippen LogP contribution in [0, 0.1) is 5.92 Å². The molecule has 3 heteroatoms. The molecule has 0 unspecified atom stereocenters. The SMILES string of the molecule is CCn1nc(CC(=O)C2CC2)c2ccccc21. The second-order valence-electron chi connectivity index (χ2n) is 4.70. The van der Waals surface area contributed by atoms with Gasteiger partial charge in [0.15, 0.2) is 0 Å². The molecule has 3 nitrogen and oxygen atoms in total. The number of carbonyl (C=O) groups excluding carboxylic acids is 1. The van der Waals surface area contributed by atoms with Crippen molar-refractivity contribution < 1.29 is 4.79 Å². The van der Waals surface area contributed by atoms with Crippen molar-refractivity contribution in [3.63, 3.8) is 0 Å². The molecule has 3 rings (SSSR count). The average molecular weight is 228 g/mol. The summed E-state index contributed by atoms with van der Waals surface area (Å²) in [5.74, 6) is 0.678. The van der Waals surface area contributed by atoms with E-state index in [0.29, 0.717) is 18.1 Å². The molecular weight excluding hydrogens is 212 g/mol. The largest absolute Gasteiger partial charge is 0.299 e. The summed E-state index contributed by atoms with van der Waals surface area (Å²) >= 11 is 0. The second kappa shape index (κ2) is 3.99. The van der Waals surface area contributed by atoms with Gasteiger partial charge in [0.2, 0.25) is 0 Å². The molecule has 2 aromatic rings. The Morgan fingerprint density at radius 2 is 2.18 bits per heavy atom. The first-order valence-electron chi connectivity index (χ1n) is 6.26. The normalized spacial score (nSPS) is 15.4. The third-order valence-electron chi connectivity index (χ3n) is 3.41. The second-order valence-corrected chi connectivity index (χ2v) is 4.70. The summed E-state index contributed by atoms with van der Waals surface area (Å²) in [5, 5.41) is 5.68. The van der Waals surface area contributed by atoms with Gasteiger partial charge < -0.3 is 0 Å². The summed E-state index contributed by atoms with van der Waals surface area (Å²) in [6.45, 7) is 2.92. The molecular formula is C14H16N2O. The fraction of sp³-hybridized carbons (Fsp3) is 0.429. The van der Waals surface area contributed by atoms with Crippen LogP contribution in [0.15, 0.2) is 24.3 Å². The predicted molar refractivity (Wildman–Crippen MR) is 66.8 cm³/mol. The van der Waals surface area contributed by atoms with Gasteiger partial charge in [-0.1, -0.05) is 18.2 Å². The van der Waals surface area contributed by atoms with Crippen molar-refractivity contribution in [2.45, 2.75) is 32.7 Å². The van der Waals surface area contributed by atoms with E-state index >= 15 is 0 Å². The van der Waals surface area contributed by atoms with Crippen molar-refractivity contribution in [2.75, 3.05) is 0 Å². The molecule has 1 aromatic carbocycles. The fourth-order valence-corrected chi connectivity index (χ4v) is 2.28. The Balaban J connectivity index is 2.00. The number of aryl methyl sites for hydroxylation is 1. The highest BCUT2D eigenvalue weighted by Crippen LogP contribution is 2.31. The standard InChI is InChI=1S/C14H16N2O/c1-2-16-13-6-4-3-5-11(13)12(15-16)9-14(17)10-7-8-10/h3-6,10H,2,7-9H2,1H3. The van der Waals surface area contributed by atoms with Crippen molar-refractivity contribution in [3.8, 4) is 0 Å². The maximum atomic E-state index is 11.9. The first-order chi connectivity index (χ1) is 8.29. The van der Waals surface area contributed by atoms with E-state index < -0.39 is 0 Å². The summed E-state index contributed by atoms with van der Waals surface area (Å²) in [7, 11) is 0. The van der Waals surface area contributed by atoms with Gasteiger partial charge in [0.05, 0.1) is 17.6 Å². The summed E-state index contributed by atoms with van der Waals surface area (Å²) in [5.41, 5.74) is 2.08. The minimum absolute atomic E-state index is 0.320. The molecule has 0 amide bonds. The summed E-state index contributed by atoms with van der Waals surface area (Å²) in [6, 6.07) is 8.15. The molecule has 0 bridgehead atoms. The van der Waals surface area contributed by atoms with Gasteiger partial charge in [0, 0.05) is 17.8 Å². The van der Waals surface area contributed by atoms with Gasteiger partial charge in [-0.2, -0.15) is 5.10 Å². The van der Waals surface area contributed by atoms with Crippen molar-refractivity contribution >= 4 is 16.7 Å². The van der Waals surface area contributed by atoms with Gasteiger partial charge in [0.1, 0.15) is 5.78 Å². The number of hydrogen-bond acceptors (Lipinski definition) is 2. The topological polar surface area (TPSA) is 34.9 Å². The monoisotopic (exact) mass is 228 g/mol. The van der Waals surface area contributed by atoms with Crippen molar-refractivity contribution in [3.05, 3.63) is 30.0 Å². The maximum absolute atomic E-state index is 11.9. The Bertz CT molecular complexity index is 567. The Hall–Kier alpha value is -1.64. The van der Waals surface area contributed by atoms with E-state index in [1.807, 2.05) is 16.8 Å². The third-order valence-corrected chi connectivity index (χ3v) is 3.41. The first-order valence-corrected chi connectivity index (χ1v) is 6.26. The number of hydrogen-bond donors (Lipinski definition) is 0. The average Bonchev–Trinajstić information content (AvgIpc) is 3.14. The molecule has 1 heterocycles. The molecule has 0 aliphatic heterocycles. The number of aromatic nitrogens is 2. The van der Waals surface area contributed by atoms with Crippen LogP contribution in [0.1, 0.15) is 25.5 Å². The number of carbonyl (C=O) groups is 1. The van der Waals surface area contributed by atoms with Crippen LogP contribution >= 0.6 is 0 Å². The number of para-hydroxylation sites is 1. The van der Waals surface area contributed by atoms with Crippen LogP contribution in [0.2, 0.25) is 0 Å². The van der Waals surface area contributed by atoms with Crippen LogP contribution in [0.4, 0.5) is 0 Å². The van der Waals surface area contributed by atoms with E-state index in [2.05, 4.69) is 24.2 Å². The van der Waals surface area contributed by atoms with Crippen LogP contribution < -0.4 is 0 Å². The molecule has 17 heavy (non-hydrogen) atoms. The Labute approximate surface area is 100 Å². The number of Topliss-reactive ketones (excluding diaryl/α,β-unsaturated/α-hetero) is 1. The van der Waals surface area contributed by atoms with E-state index in [1.165, 1.54) is 0 Å². The molecule has 1 fully saturated rings. The van der Waals surface area contributed by atoms with E-state index in [4.69, 9.17) is 0 Å². The maximum Gasteiger partial charge on any atom is 0.142 e. The lowest BCUT2D eigenvalue weighted by atomic mass is 10.1. The third kappa shape index (κ3) is 1.86. The molecule has 0 spiro atoms. The molecule has 0 saturated heterocycles. The van der Waals surface area contributed by atoms with Gasteiger partial charge >= 0.3 is 0 Å². The number of fused-ring (bicyclic) bond motifs is 1. The fourth-order valence-electron chi connectivity index (χ4n) is 2.28. The number of benzene rings is 1.